The van der Waals surface area contributed by atoms with Crippen LogP contribution in [-0.2, 0) is 4.74 Å². The van der Waals surface area contributed by atoms with Gasteiger partial charge in [0.1, 0.15) is 5.75 Å². The first-order valence-corrected chi connectivity index (χ1v) is 5.77. The number of methoxy groups -OCH3 is 1. The smallest absolute Gasteiger partial charge is 0.126 e. The Hall–Kier alpha value is -1.28. The minimum absolute atomic E-state index is 0.238. The molecule has 86 valence electrons. The average molecular weight is 218 g/mol. The van der Waals surface area contributed by atoms with Gasteiger partial charge < -0.3 is 9.47 Å². The molecule has 1 heterocycles. The van der Waals surface area contributed by atoms with Crippen molar-refractivity contribution in [2.45, 2.75) is 25.4 Å². The molecule has 0 bridgehead atoms. The van der Waals surface area contributed by atoms with E-state index in [-0.39, 0.29) is 6.10 Å². The highest BCUT2D eigenvalue weighted by molar-refractivity contribution is 5.56. The third-order valence-electron chi connectivity index (χ3n) is 3.03. The summed E-state index contributed by atoms with van der Waals surface area (Å²) in [5.41, 5.74) is 2.24. The van der Waals surface area contributed by atoms with Crippen molar-refractivity contribution in [2.75, 3.05) is 13.7 Å². The Bertz CT molecular complexity index is 365. The van der Waals surface area contributed by atoms with Crippen LogP contribution in [-0.4, -0.2) is 13.7 Å². The van der Waals surface area contributed by atoms with Gasteiger partial charge >= 0.3 is 0 Å². The van der Waals surface area contributed by atoms with E-state index in [9.17, 15) is 0 Å². The number of hydrogen-bond donors (Lipinski definition) is 0. The molecule has 1 aliphatic rings. The van der Waals surface area contributed by atoms with Gasteiger partial charge in [0.05, 0.1) is 13.2 Å². The molecule has 1 fully saturated rings. The molecular weight excluding hydrogens is 200 g/mol. The molecule has 1 saturated heterocycles. The van der Waals surface area contributed by atoms with Gasteiger partial charge in [-0.05, 0) is 30.9 Å². The second-order valence-corrected chi connectivity index (χ2v) is 4.06. The van der Waals surface area contributed by atoms with Gasteiger partial charge in [-0.15, -0.1) is 0 Å². The lowest BCUT2D eigenvalue weighted by molar-refractivity contribution is 0.0148. The van der Waals surface area contributed by atoms with E-state index in [1.165, 1.54) is 18.4 Å². The first-order valence-electron chi connectivity index (χ1n) is 5.77. The molecule has 0 radical (unpaired) electrons. The summed E-state index contributed by atoms with van der Waals surface area (Å²) in [6.07, 6.45) is 5.58. The summed E-state index contributed by atoms with van der Waals surface area (Å²) in [4.78, 5) is 0. The first kappa shape index (κ1) is 11.2. The van der Waals surface area contributed by atoms with Gasteiger partial charge in [-0.2, -0.15) is 0 Å². The monoisotopic (exact) mass is 218 g/mol. The largest absolute Gasteiger partial charge is 0.496 e. The van der Waals surface area contributed by atoms with Crippen molar-refractivity contribution >= 4 is 6.08 Å². The Kier molecular flexibility index (Phi) is 3.62. The minimum Gasteiger partial charge on any atom is -0.496 e. The van der Waals surface area contributed by atoms with E-state index in [0.717, 1.165) is 24.3 Å². The van der Waals surface area contributed by atoms with Crippen LogP contribution in [0.15, 0.2) is 24.8 Å². The molecule has 1 unspecified atom stereocenters. The zero-order chi connectivity index (χ0) is 11.4. The number of rotatable bonds is 3. The van der Waals surface area contributed by atoms with E-state index in [1.54, 1.807) is 7.11 Å². The molecule has 2 nitrogen and oxygen atoms in total. The predicted octanol–water partition coefficient (Wildman–Crippen LogP) is 3.58. The number of ether oxygens (including phenoxy) is 2. The number of hydrogen-bond acceptors (Lipinski definition) is 2. The highest BCUT2D eigenvalue weighted by Crippen LogP contribution is 2.31. The molecule has 0 N–H and O–H groups in total. The molecule has 1 aliphatic heterocycles. The summed E-state index contributed by atoms with van der Waals surface area (Å²) in [5.74, 6) is 0.877. The van der Waals surface area contributed by atoms with Crippen LogP contribution in [0.3, 0.4) is 0 Å². The lowest BCUT2D eigenvalue weighted by Gasteiger charge is -2.23. The highest BCUT2D eigenvalue weighted by atomic mass is 16.5. The lowest BCUT2D eigenvalue weighted by Crippen LogP contribution is -2.11. The fourth-order valence-electron chi connectivity index (χ4n) is 2.10. The van der Waals surface area contributed by atoms with Crippen LogP contribution in [0.2, 0.25) is 0 Å². The van der Waals surface area contributed by atoms with Crippen molar-refractivity contribution < 1.29 is 9.47 Å². The molecule has 0 aliphatic carbocycles. The lowest BCUT2D eigenvalue weighted by atomic mass is 9.99. The van der Waals surface area contributed by atoms with Crippen LogP contribution >= 0.6 is 0 Å². The second-order valence-electron chi connectivity index (χ2n) is 4.06. The Morgan fingerprint density at radius 3 is 2.94 bits per heavy atom. The third kappa shape index (κ3) is 2.27. The molecule has 1 aromatic rings. The van der Waals surface area contributed by atoms with Crippen molar-refractivity contribution in [3.8, 4) is 5.75 Å². The maximum Gasteiger partial charge on any atom is 0.126 e. The van der Waals surface area contributed by atoms with Crippen molar-refractivity contribution in [1.29, 1.82) is 0 Å². The third-order valence-corrected chi connectivity index (χ3v) is 3.03. The summed E-state index contributed by atoms with van der Waals surface area (Å²) < 4.78 is 11.1. The van der Waals surface area contributed by atoms with Crippen LogP contribution in [0, 0.1) is 0 Å². The maximum absolute atomic E-state index is 5.76. The molecule has 0 aromatic heterocycles. The Morgan fingerprint density at radius 2 is 2.31 bits per heavy atom. The minimum atomic E-state index is 0.238. The van der Waals surface area contributed by atoms with Gasteiger partial charge in [0, 0.05) is 12.2 Å². The molecule has 0 saturated carbocycles. The van der Waals surface area contributed by atoms with Crippen LogP contribution < -0.4 is 4.74 Å². The summed E-state index contributed by atoms with van der Waals surface area (Å²) in [6, 6.07) is 6.21. The Labute approximate surface area is 96.9 Å². The first-order chi connectivity index (χ1) is 7.85. The van der Waals surface area contributed by atoms with E-state index >= 15 is 0 Å². The molecule has 2 heteroatoms. The van der Waals surface area contributed by atoms with E-state index in [4.69, 9.17) is 9.47 Å². The molecule has 16 heavy (non-hydrogen) atoms. The molecular formula is C14H18O2. The van der Waals surface area contributed by atoms with E-state index in [2.05, 4.69) is 18.7 Å². The fourth-order valence-corrected chi connectivity index (χ4v) is 2.10. The van der Waals surface area contributed by atoms with Crippen molar-refractivity contribution in [1.82, 2.24) is 0 Å². The number of benzene rings is 1. The second kappa shape index (κ2) is 5.17. The van der Waals surface area contributed by atoms with Crippen molar-refractivity contribution in [3.05, 3.63) is 35.9 Å². The van der Waals surface area contributed by atoms with Crippen LogP contribution in [0.5, 0.6) is 5.75 Å². The maximum atomic E-state index is 5.76. The fraction of sp³-hybridized carbons (Fsp3) is 0.429. The SMILES string of the molecule is C=Cc1ccc(C2CCCCO2)cc1OC. The molecule has 2 rings (SSSR count). The van der Waals surface area contributed by atoms with Gasteiger partial charge in [-0.1, -0.05) is 24.8 Å². The van der Waals surface area contributed by atoms with Gasteiger partial charge in [-0.25, -0.2) is 0 Å². The zero-order valence-electron chi connectivity index (χ0n) is 9.74. The summed E-state index contributed by atoms with van der Waals surface area (Å²) in [5, 5.41) is 0. The van der Waals surface area contributed by atoms with E-state index in [0.29, 0.717) is 0 Å². The topological polar surface area (TPSA) is 18.5 Å². The average Bonchev–Trinajstić information content (AvgIpc) is 2.39. The summed E-state index contributed by atoms with van der Waals surface area (Å²) >= 11 is 0. The van der Waals surface area contributed by atoms with Crippen LogP contribution in [0.1, 0.15) is 36.5 Å². The van der Waals surface area contributed by atoms with Crippen molar-refractivity contribution in [3.63, 3.8) is 0 Å². The summed E-state index contributed by atoms with van der Waals surface area (Å²) in [7, 11) is 1.69. The van der Waals surface area contributed by atoms with Crippen LogP contribution in [0.4, 0.5) is 0 Å². The van der Waals surface area contributed by atoms with Gasteiger partial charge in [-0.3, -0.25) is 0 Å². The van der Waals surface area contributed by atoms with Gasteiger partial charge in [0.2, 0.25) is 0 Å². The Balaban J connectivity index is 2.24. The summed E-state index contributed by atoms with van der Waals surface area (Å²) in [6.45, 7) is 4.64. The van der Waals surface area contributed by atoms with Gasteiger partial charge in [0.25, 0.3) is 0 Å². The molecule has 0 spiro atoms. The molecule has 1 aromatic carbocycles. The predicted molar refractivity (Wildman–Crippen MR) is 65.6 cm³/mol. The van der Waals surface area contributed by atoms with Crippen LogP contribution in [0.25, 0.3) is 6.08 Å². The molecule has 1 atom stereocenters. The normalized spacial score (nSPS) is 20.4. The zero-order valence-corrected chi connectivity index (χ0v) is 9.74. The van der Waals surface area contributed by atoms with E-state index in [1.807, 2.05) is 12.1 Å². The van der Waals surface area contributed by atoms with Crippen molar-refractivity contribution in [2.24, 2.45) is 0 Å². The molecule has 0 amide bonds. The highest BCUT2D eigenvalue weighted by Gasteiger charge is 2.16. The quantitative estimate of drug-likeness (QED) is 0.772. The van der Waals surface area contributed by atoms with Gasteiger partial charge in [0.15, 0.2) is 0 Å². The van der Waals surface area contributed by atoms with E-state index < -0.39 is 0 Å². The standard InChI is InChI=1S/C14H18O2/c1-3-11-7-8-12(10-14(11)15-2)13-6-4-5-9-16-13/h3,7-8,10,13H,1,4-6,9H2,2H3. The Morgan fingerprint density at radius 1 is 1.44 bits per heavy atom.